The number of thiophene rings is 1. The second kappa shape index (κ2) is 9.15. The molecule has 3 aromatic rings. The SMILES string of the molecule is N#CC(C#N)=Cc1ccc(/C=C/C=C(c2ccccc2)c2ccccc2)s1. The van der Waals surface area contributed by atoms with Gasteiger partial charge in [0.2, 0.25) is 0 Å². The Kier molecular flexibility index (Phi) is 6.15. The van der Waals surface area contributed by atoms with Crippen LogP contribution in [0, 0.1) is 22.7 Å². The van der Waals surface area contributed by atoms with Gasteiger partial charge in [0.05, 0.1) is 0 Å². The Bertz CT molecular complexity index is 1020. The van der Waals surface area contributed by atoms with Crippen LogP contribution in [0.5, 0.6) is 0 Å². The quantitative estimate of drug-likeness (QED) is 0.392. The first kappa shape index (κ1) is 18.1. The highest BCUT2D eigenvalue weighted by Gasteiger charge is 2.03. The summed E-state index contributed by atoms with van der Waals surface area (Å²) in [5, 5.41) is 17.7. The normalized spacial score (nSPS) is 10.0. The van der Waals surface area contributed by atoms with Gasteiger partial charge in [-0.3, -0.25) is 0 Å². The summed E-state index contributed by atoms with van der Waals surface area (Å²) in [5.41, 5.74) is 3.59. The van der Waals surface area contributed by atoms with Gasteiger partial charge in [0.15, 0.2) is 0 Å². The van der Waals surface area contributed by atoms with Gasteiger partial charge in [-0.25, -0.2) is 0 Å². The zero-order valence-electron chi connectivity index (χ0n) is 14.5. The third kappa shape index (κ3) is 4.92. The molecule has 1 aromatic heterocycles. The van der Waals surface area contributed by atoms with Crippen LogP contribution in [0.25, 0.3) is 17.7 Å². The van der Waals surface area contributed by atoms with Gasteiger partial charge in [0.1, 0.15) is 17.7 Å². The molecule has 0 unspecified atom stereocenters. The molecule has 0 amide bonds. The minimum Gasteiger partial charge on any atom is -0.192 e. The Morgan fingerprint density at radius 2 is 1.30 bits per heavy atom. The summed E-state index contributed by atoms with van der Waals surface area (Å²) < 4.78 is 0. The first-order valence-corrected chi connectivity index (χ1v) is 9.23. The number of allylic oxidation sites excluding steroid dienone is 3. The van der Waals surface area contributed by atoms with Gasteiger partial charge in [-0.1, -0.05) is 72.8 Å². The van der Waals surface area contributed by atoms with Gasteiger partial charge < -0.3 is 0 Å². The molecule has 0 aliphatic carbocycles. The van der Waals surface area contributed by atoms with E-state index in [-0.39, 0.29) is 5.57 Å². The molecule has 0 atom stereocenters. The van der Waals surface area contributed by atoms with Crippen LogP contribution < -0.4 is 0 Å². The predicted octanol–water partition coefficient (Wildman–Crippen LogP) is 6.32. The number of rotatable bonds is 5. The molecule has 0 saturated carbocycles. The number of nitrogens with zero attached hydrogens (tertiary/aromatic N) is 2. The van der Waals surface area contributed by atoms with Crippen LogP contribution in [-0.4, -0.2) is 0 Å². The minimum atomic E-state index is 0.114. The summed E-state index contributed by atoms with van der Waals surface area (Å²) in [6, 6.07) is 28.3. The Balaban J connectivity index is 1.88. The molecule has 0 saturated heterocycles. The van der Waals surface area contributed by atoms with Crippen molar-refractivity contribution in [1.82, 2.24) is 0 Å². The molecule has 0 N–H and O–H groups in total. The largest absolute Gasteiger partial charge is 0.192 e. The van der Waals surface area contributed by atoms with Crippen molar-refractivity contribution < 1.29 is 0 Å². The van der Waals surface area contributed by atoms with Crippen LogP contribution in [0.15, 0.2) is 90.5 Å². The molecule has 0 bridgehead atoms. The van der Waals surface area contributed by atoms with Crippen molar-refractivity contribution in [2.75, 3.05) is 0 Å². The predicted molar refractivity (Wildman–Crippen MR) is 113 cm³/mol. The molecule has 128 valence electrons. The van der Waals surface area contributed by atoms with Crippen LogP contribution in [0.1, 0.15) is 20.9 Å². The van der Waals surface area contributed by atoms with Gasteiger partial charge in [0.25, 0.3) is 0 Å². The lowest BCUT2D eigenvalue weighted by molar-refractivity contribution is 1.47. The minimum absolute atomic E-state index is 0.114. The Morgan fingerprint density at radius 1 is 0.741 bits per heavy atom. The lowest BCUT2D eigenvalue weighted by atomic mass is 9.97. The van der Waals surface area contributed by atoms with Crippen LogP contribution in [0.3, 0.4) is 0 Å². The van der Waals surface area contributed by atoms with Crippen molar-refractivity contribution in [3.63, 3.8) is 0 Å². The van der Waals surface area contributed by atoms with Gasteiger partial charge in [-0.15, -0.1) is 11.3 Å². The fourth-order valence-corrected chi connectivity index (χ4v) is 3.47. The van der Waals surface area contributed by atoms with E-state index in [0.717, 1.165) is 26.5 Å². The van der Waals surface area contributed by atoms with Crippen molar-refractivity contribution in [3.8, 4) is 12.1 Å². The molecule has 2 aromatic carbocycles. The van der Waals surface area contributed by atoms with E-state index in [2.05, 4.69) is 30.3 Å². The molecule has 0 aliphatic rings. The molecule has 0 fully saturated rings. The Hall–Kier alpha value is -3.66. The smallest absolute Gasteiger partial charge is 0.131 e. The standard InChI is InChI=1S/C24H16N2S/c25-17-19(18-26)16-23-15-14-22(27-23)12-7-13-24(20-8-3-1-4-9-20)21-10-5-2-6-11-21/h1-16H/b12-7+. The van der Waals surface area contributed by atoms with E-state index in [1.54, 1.807) is 17.4 Å². The number of benzene rings is 2. The topological polar surface area (TPSA) is 47.6 Å². The second-order valence-corrected chi connectivity index (χ2v) is 6.84. The van der Waals surface area contributed by atoms with E-state index >= 15 is 0 Å². The van der Waals surface area contributed by atoms with Crippen LogP contribution in [0.2, 0.25) is 0 Å². The summed E-state index contributed by atoms with van der Waals surface area (Å²) in [6.07, 6.45) is 7.78. The van der Waals surface area contributed by atoms with Gasteiger partial charge in [0, 0.05) is 9.75 Å². The lowest BCUT2D eigenvalue weighted by Crippen LogP contribution is -1.86. The molecule has 0 aliphatic heterocycles. The molecule has 0 spiro atoms. The summed E-state index contributed by atoms with van der Waals surface area (Å²) in [7, 11) is 0. The van der Waals surface area contributed by atoms with Crippen LogP contribution in [-0.2, 0) is 0 Å². The molecular formula is C24H16N2S. The average Bonchev–Trinajstić information content (AvgIpc) is 3.18. The zero-order valence-corrected chi connectivity index (χ0v) is 15.4. The Labute approximate surface area is 163 Å². The fraction of sp³-hybridized carbons (Fsp3) is 0. The summed E-state index contributed by atoms with van der Waals surface area (Å²) in [4.78, 5) is 1.95. The highest BCUT2D eigenvalue weighted by atomic mass is 32.1. The van der Waals surface area contributed by atoms with Crippen molar-refractivity contribution in [2.24, 2.45) is 0 Å². The van der Waals surface area contributed by atoms with E-state index in [1.807, 2.05) is 72.8 Å². The van der Waals surface area contributed by atoms with E-state index in [4.69, 9.17) is 10.5 Å². The van der Waals surface area contributed by atoms with E-state index < -0.39 is 0 Å². The van der Waals surface area contributed by atoms with Gasteiger partial charge in [-0.2, -0.15) is 10.5 Å². The molecule has 0 radical (unpaired) electrons. The summed E-state index contributed by atoms with van der Waals surface area (Å²) >= 11 is 1.54. The van der Waals surface area contributed by atoms with Crippen molar-refractivity contribution in [2.45, 2.75) is 0 Å². The lowest BCUT2D eigenvalue weighted by Gasteiger charge is -2.07. The highest BCUT2D eigenvalue weighted by molar-refractivity contribution is 7.13. The maximum Gasteiger partial charge on any atom is 0.131 e. The monoisotopic (exact) mass is 364 g/mol. The second-order valence-electron chi connectivity index (χ2n) is 5.69. The molecular weight excluding hydrogens is 348 g/mol. The van der Waals surface area contributed by atoms with E-state index in [9.17, 15) is 0 Å². The van der Waals surface area contributed by atoms with Gasteiger partial charge >= 0.3 is 0 Å². The molecule has 1 heterocycles. The number of hydrogen-bond acceptors (Lipinski definition) is 3. The first-order valence-electron chi connectivity index (χ1n) is 8.41. The third-order valence-electron chi connectivity index (χ3n) is 3.87. The summed E-state index contributed by atoms with van der Waals surface area (Å²) in [6.45, 7) is 0. The highest BCUT2D eigenvalue weighted by Crippen LogP contribution is 2.24. The molecule has 3 heteroatoms. The average molecular weight is 364 g/mol. The maximum atomic E-state index is 8.86. The van der Waals surface area contributed by atoms with E-state index in [1.165, 1.54) is 0 Å². The summed E-state index contributed by atoms with van der Waals surface area (Å²) in [5.74, 6) is 0. The van der Waals surface area contributed by atoms with Crippen LogP contribution >= 0.6 is 11.3 Å². The number of hydrogen-bond donors (Lipinski definition) is 0. The van der Waals surface area contributed by atoms with Crippen LogP contribution in [0.4, 0.5) is 0 Å². The maximum absolute atomic E-state index is 8.86. The molecule has 27 heavy (non-hydrogen) atoms. The number of nitriles is 2. The van der Waals surface area contributed by atoms with Gasteiger partial charge in [-0.05, 0) is 41.0 Å². The van der Waals surface area contributed by atoms with Crippen molar-refractivity contribution >= 4 is 29.1 Å². The van der Waals surface area contributed by atoms with Crippen molar-refractivity contribution in [1.29, 1.82) is 10.5 Å². The molecule has 2 nitrogen and oxygen atoms in total. The zero-order chi connectivity index (χ0) is 18.9. The first-order chi connectivity index (χ1) is 13.3. The Morgan fingerprint density at radius 3 is 1.85 bits per heavy atom. The molecule has 3 rings (SSSR count). The fourth-order valence-electron chi connectivity index (χ4n) is 2.60. The van der Waals surface area contributed by atoms with Crippen molar-refractivity contribution in [3.05, 3.63) is 111 Å². The third-order valence-corrected chi connectivity index (χ3v) is 4.87. The van der Waals surface area contributed by atoms with E-state index in [0.29, 0.717) is 0 Å².